The molecule has 0 aliphatic rings. The Balaban J connectivity index is 2.22. The van der Waals surface area contributed by atoms with Gasteiger partial charge in [0.05, 0.1) is 24.1 Å². The van der Waals surface area contributed by atoms with E-state index in [0.717, 1.165) is 6.26 Å². The molecule has 0 aliphatic heterocycles. The summed E-state index contributed by atoms with van der Waals surface area (Å²) in [5.41, 5.74) is 0.870. The van der Waals surface area contributed by atoms with Crippen LogP contribution < -0.4 is 14.4 Å². The number of carbonyl (C=O) groups excluding carboxylic acids is 2. The van der Waals surface area contributed by atoms with E-state index in [4.69, 9.17) is 39.5 Å². The molecule has 12 heteroatoms. The van der Waals surface area contributed by atoms with Gasteiger partial charge in [0.2, 0.25) is 21.8 Å². The zero-order valence-electron chi connectivity index (χ0n) is 19.8. The first kappa shape index (κ1) is 29.0. The van der Waals surface area contributed by atoms with Gasteiger partial charge in [0, 0.05) is 42.2 Å². The van der Waals surface area contributed by atoms with Crippen LogP contribution in [0.2, 0.25) is 15.1 Å². The van der Waals surface area contributed by atoms with Gasteiger partial charge in [-0.1, -0.05) is 40.9 Å². The summed E-state index contributed by atoms with van der Waals surface area (Å²) in [6.07, 6.45) is 1.26. The van der Waals surface area contributed by atoms with Gasteiger partial charge in [0.15, 0.2) is 0 Å². The Bertz CT molecular complexity index is 1160. The lowest BCUT2D eigenvalue weighted by atomic mass is 10.1. The van der Waals surface area contributed by atoms with Gasteiger partial charge in [0.1, 0.15) is 11.8 Å². The minimum Gasteiger partial charge on any atom is -0.495 e. The number of ether oxygens (including phenoxy) is 1. The van der Waals surface area contributed by atoms with Crippen LogP contribution in [0.4, 0.5) is 5.69 Å². The molecule has 2 amide bonds. The third kappa shape index (κ3) is 7.64. The molecule has 0 saturated carbocycles. The van der Waals surface area contributed by atoms with Gasteiger partial charge >= 0.3 is 0 Å². The first-order valence-corrected chi connectivity index (χ1v) is 13.6. The lowest BCUT2D eigenvalue weighted by Crippen LogP contribution is -2.47. The SMILES string of the molecule is CNC(=O)C(C)N(Cc1c(Cl)cccc1Cl)C(=O)CCCN(c1ccc(OC)c(Cl)c1)S(C)(=O)=O. The summed E-state index contributed by atoms with van der Waals surface area (Å²) in [6, 6.07) is 8.83. The van der Waals surface area contributed by atoms with E-state index in [0.29, 0.717) is 27.0 Å². The summed E-state index contributed by atoms with van der Waals surface area (Å²) >= 11 is 18.7. The summed E-state index contributed by atoms with van der Waals surface area (Å²) in [7, 11) is -0.715. The highest BCUT2D eigenvalue weighted by Gasteiger charge is 2.27. The predicted octanol–water partition coefficient (Wildman–Crippen LogP) is 4.36. The van der Waals surface area contributed by atoms with Gasteiger partial charge < -0.3 is 15.0 Å². The third-order valence-electron chi connectivity index (χ3n) is 5.38. The molecule has 0 bridgehead atoms. The Kier molecular flexibility index (Phi) is 10.5. The van der Waals surface area contributed by atoms with E-state index in [-0.39, 0.29) is 42.8 Å². The number of rotatable bonds is 11. The molecule has 1 N–H and O–H groups in total. The highest BCUT2D eigenvalue weighted by molar-refractivity contribution is 7.92. The zero-order chi connectivity index (χ0) is 26.3. The predicted molar refractivity (Wildman–Crippen MR) is 140 cm³/mol. The van der Waals surface area contributed by atoms with Gasteiger partial charge in [-0.3, -0.25) is 13.9 Å². The van der Waals surface area contributed by atoms with Gasteiger partial charge in [-0.2, -0.15) is 0 Å². The van der Waals surface area contributed by atoms with E-state index in [2.05, 4.69) is 5.32 Å². The average Bonchev–Trinajstić information content (AvgIpc) is 2.79. The second-order valence-corrected chi connectivity index (χ2v) is 10.9. The number of sulfonamides is 1. The number of nitrogens with one attached hydrogen (secondary N) is 1. The fraction of sp³-hybridized carbons (Fsp3) is 0.391. The molecule has 0 spiro atoms. The van der Waals surface area contributed by atoms with Crippen molar-refractivity contribution in [2.45, 2.75) is 32.4 Å². The number of nitrogens with zero attached hydrogens (tertiary/aromatic N) is 2. The van der Waals surface area contributed by atoms with Crippen LogP contribution in [-0.4, -0.2) is 58.1 Å². The number of methoxy groups -OCH3 is 1. The van der Waals surface area contributed by atoms with E-state index in [1.54, 1.807) is 37.3 Å². The molecule has 2 aromatic carbocycles. The van der Waals surface area contributed by atoms with Crippen LogP contribution in [0.25, 0.3) is 0 Å². The monoisotopic (exact) mass is 563 g/mol. The number of likely N-dealkylation sites (N-methyl/N-ethyl adjacent to an activating group) is 1. The van der Waals surface area contributed by atoms with Gasteiger partial charge in [-0.25, -0.2) is 8.42 Å². The first-order chi connectivity index (χ1) is 16.4. The van der Waals surface area contributed by atoms with Crippen molar-refractivity contribution < 1.29 is 22.7 Å². The number of carbonyl (C=O) groups is 2. The second-order valence-electron chi connectivity index (χ2n) is 7.77. The molecular weight excluding hydrogens is 537 g/mol. The number of hydrogen-bond donors (Lipinski definition) is 1. The largest absolute Gasteiger partial charge is 0.495 e. The maximum absolute atomic E-state index is 13.2. The molecule has 0 saturated heterocycles. The van der Waals surface area contributed by atoms with Crippen LogP contribution in [0.5, 0.6) is 5.75 Å². The molecule has 0 heterocycles. The molecule has 2 aromatic rings. The van der Waals surface area contributed by atoms with E-state index in [1.807, 2.05) is 0 Å². The highest BCUT2D eigenvalue weighted by atomic mass is 35.5. The van der Waals surface area contributed by atoms with Crippen LogP contribution in [0, 0.1) is 0 Å². The Morgan fingerprint density at radius 1 is 1.09 bits per heavy atom. The van der Waals surface area contributed by atoms with Gasteiger partial charge in [0.25, 0.3) is 0 Å². The molecule has 0 aliphatic carbocycles. The highest BCUT2D eigenvalue weighted by Crippen LogP contribution is 2.31. The van der Waals surface area contributed by atoms with Crippen LogP contribution in [0.1, 0.15) is 25.3 Å². The van der Waals surface area contributed by atoms with Gasteiger partial charge in [-0.05, 0) is 43.7 Å². The number of benzene rings is 2. The Hall–Kier alpha value is -2.20. The maximum atomic E-state index is 13.2. The molecule has 35 heavy (non-hydrogen) atoms. The van der Waals surface area contributed by atoms with Crippen LogP contribution in [0.3, 0.4) is 0 Å². The lowest BCUT2D eigenvalue weighted by molar-refractivity contribution is -0.140. The molecule has 0 radical (unpaired) electrons. The lowest BCUT2D eigenvalue weighted by Gasteiger charge is -2.29. The second kappa shape index (κ2) is 12.7. The van der Waals surface area contributed by atoms with Crippen molar-refractivity contribution in [3.63, 3.8) is 0 Å². The number of amides is 2. The van der Waals surface area contributed by atoms with Gasteiger partial charge in [-0.15, -0.1) is 0 Å². The van der Waals surface area contributed by atoms with E-state index in [9.17, 15) is 18.0 Å². The van der Waals surface area contributed by atoms with Crippen molar-refractivity contribution >= 4 is 62.3 Å². The molecule has 1 unspecified atom stereocenters. The molecule has 1 atom stereocenters. The topological polar surface area (TPSA) is 96.0 Å². The minimum atomic E-state index is -3.66. The zero-order valence-corrected chi connectivity index (χ0v) is 22.9. The van der Waals surface area contributed by atoms with Crippen molar-refractivity contribution in [1.29, 1.82) is 0 Å². The molecule has 2 rings (SSSR count). The number of hydrogen-bond acceptors (Lipinski definition) is 5. The first-order valence-electron chi connectivity index (χ1n) is 10.7. The van der Waals surface area contributed by atoms with Crippen molar-refractivity contribution in [1.82, 2.24) is 10.2 Å². The van der Waals surface area contributed by atoms with Crippen LogP contribution in [-0.2, 0) is 26.2 Å². The average molecular weight is 565 g/mol. The number of anilines is 1. The summed E-state index contributed by atoms with van der Waals surface area (Å²) in [5.74, 6) is -0.290. The van der Waals surface area contributed by atoms with E-state index < -0.39 is 16.1 Å². The molecule has 192 valence electrons. The maximum Gasteiger partial charge on any atom is 0.242 e. The molecule has 0 fully saturated rings. The van der Waals surface area contributed by atoms with Crippen molar-refractivity contribution in [2.75, 3.05) is 31.3 Å². The smallest absolute Gasteiger partial charge is 0.242 e. The molecule has 0 aromatic heterocycles. The summed E-state index contributed by atoms with van der Waals surface area (Å²) in [5, 5.41) is 3.55. The standard InChI is InChI=1S/C23H28Cl3N3O5S/c1-15(23(31)27-2)28(14-17-18(24)7-5-8-19(17)25)22(30)9-6-12-29(35(4,32)33)16-10-11-21(34-3)20(26)13-16/h5,7-8,10-11,13,15H,6,9,12,14H2,1-4H3,(H,27,31). The van der Waals surface area contributed by atoms with E-state index >= 15 is 0 Å². The Morgan fingerprint density at radius 2 is 1.71 bits per heavy atom. The Labute approximate surface area is 221 Å². The van der Waals surface area contributed by atoms with Crippen LogP contribution >= 0.6 is 34.8 Å². The van der Waals surface area contributed by atoms with Crippen molar-refractivity contribution in [2.24, 2.45) is 0 Å². The molecular formula is C23H28Cl3N3O5S. The normalized spacial score (nSPS) is 12.1. The summed E-state index contributed by atoms with van der Waals surface area (Å²) in [4.78, 5) is 26.9. The minimum absolute atomic E-state index is 0.0146. The van der Waals surface area contributed by atoms with Crippen molar-refractivity contribution in [3.05, 3.63) is 57.0 Å². The van der Waals surface area contributed by atoms with Crippen LogP contribution in [0.15, 0.2) is 36.4 Å². The fourth-order valence-electron chi connectivity index (χ4n) is 3.46. The number of halogens is 3. The fourth-order valence-corrected chi connectivity index (χ4v) is 5.19. The Morgan fingerprint density at radius 3 is 2.23 bits per heavy atom. The third-order valence-corrected chi connectivity index (χ3v) is 7.58. The molecule has 8 nitrogen and oxygen atoms in total. The van der Waals surface area contributed by atoms with Crippen molar-refractivity contribution in [3.8, 4) is 5.75 Å². The van der Waals surface area contributed by atoms with E-state index in [1.165, 1.54) is 29.4 Å². The quantitative estimate of drug-likeness (QED) is 0.437. The summed E-state index contributed by atoms with van der Waals surface area (Å²) < 4.78 is 31.2. The summed E-state index contributed by atoms with van der Waals surface area (Å²) in [6.45, 7) is 1.65.